The maximum absolute atomic E-state index is 12.8. The summed E-state index contributed by atoms with van der Waals surface area (Å²) in [6, 6.07) is 16.0. The van der Waals surface area contributed by atoms with E-state index in [1.165, 1.54) is 24.1 Å². The fourth-order valence-electron chi connectivity index (χ4n) is 3.63. The Morgan fingerprint density at radius 1 is 0.682 bits per heavy atom. The van der Waals surface area contributed by atoms with Gasteiger partial charge in [0.2, 0.25) is 0 Å². The molecule has 0 spiro atoms. The number of hydrogen-bond donors (Lipinski definition) is 0. The van der Waals surface area contributed by atoms with E-state index in [1.54, 1.807) is 12.1 Å². The van der Waals surface area contributed by atoms with Crippen molar-refractivity contribution in [3.8, 4) is 0 Å². The molecule has 0 atom stereocenters. The quantitative estimate of drug-likeness (QED) is 0.642. The van der Waals surface area contributed by atoms with E-state index in [9.17, 15) is 13.2 Å². The van der Waals surface area contributed by atoms with Crippen molar-refractivity contribution in [1.82, 2.24) is 0 Å². The SMILES string of the molecule is FC(F)(F)c1ccc(C2(c3ccccc3)CCCCC2)cc1. The van der Waals surface area contributed by atoms with Crippen LogP contribution in [0.4, 0.5) is 13.2 Å². The van der Waals surface area contributed by atoms with Crippen LogP contribution in [0.2, 0.25) is 0 Å². The number of rotatable bonds is 2. The van der Waals surface area contributed by atoms with Crippen LogP contribution in [0.15, 0.2) is 54.6 Å². The van der Waals surface area contributed by atoms with Gasteiger partial charge in [0.15, 0.2) is 0 Å². The van der Waals surface area contributed by atoms with Crippen molar-refractivity contribution in [2.75, 3.05) is 0 Å². The molecule has 0 unspecified atom stereocenters. The van der Waals surface area contributed by atoms with E-state index < -0.39 is 11.7 Å². The van der Waals surface area contributed by atoms with Gasteiger partial charge in [-0.2, -0.15) is 13.2 Å². The zero-order valence-corrected chi connectivity index (χ0v) is 12.4. The third kappa shape index (κ3) is 2.77. The van der Waals surface area contributed by atoms with E-state index in [0.29, 0.717) is 0 Å². The Kier molecular flexibility index (Phi) is 3.98. The van der Waals surface area contributed by atoms with Crippen LogP contribution in [0.3, 0.4) is 0 Å². The molecule has 3 heteroatoms. The van der Waals surface area contributed by atoms with Crippen LogP contribution in [0, 0.1) is 0 Å². The van der Waals surface area contributed by atoms with Crippen molar-refractivity contribution in [3.05, 3.63) is 71.3 Å². The maximum Gasteiger partial charge on any atom is 0.416 e. The maximum atomic E-state index is 12.8. The van der Waals surface area contributed by atoms with Crippen LogP contribution in [-0.4, -0.2) is 0 Å². The molecule has 22 heavy (non-hydrogen) atoms. The molecule has 0 saturated heterocycles. The molecular weight excluding hydrogens is 285 g/mol. The molecule has 0 radical (unpaired) electrons. The molecule has 1 fully saturated rings. The Morgan fingerprint density at radius 2 is 1.23 bits per heavy atom. The lowest BCUT2D eigenvalue weighted by molar-refractivity contribution is -0.137. The summed E-state index contributed by atoms with van der Waals surface area (Å²) < 4.78 is 38.3. The van der Waals surface area contributed by atoms with Gasteiger partial charge in [-0.3, -0.25) is 0 Å². The number of hydrogen-bond acceptors (Lipinski definition) is 0. The van der Waals surface area contributed by atoms with E-state index in [4.69, 9.17) is 0 Å². The predicted molar refractivity (Wildman–Crippen MR) is 81.8 cm³/mol. The summed E-state index contributed by atoms with van der Waals surface area (Å²) in [5, 5.41) is 0. The van der Waals surface area contributed by atoms with Gasteiger partial charge in [0, 0.05) is 5.41 Å². The summed E-state index contributed by atoms with van der Waals surface area (Å²) in [7, 11) is 0. The van der Waals surface area contributed by atoms with E-state index in [0.717, 1.165) is 31.2 Å². The van der Waals surface area contributed by atoms with Gasteiger partial charge >= 0.3 is 6.18 Å². The molecular formula is C19H19F3. The Morgan fingerprint density at radius 3 is 1.77 bits per heavy atom. The summed E-state index contributed by atoms with van der Waals surface area (Å²) >= 11 is 0. The fourth-order valence-corrected chi connectivity index (χ4v) is 3.63. The summed E-state index contributed by atoms with van der Waals surface area (Å²) in [5.41, 5.74) is 1.51. The Labute approximate surface area is 129 Å². The highest BCUT2D eigenvalue weighted by Crippen LogP contribution is 2.45. The van der Waals surface area contributed by atoms with Gasteiger partial charge in [0.05, 0.1) is 5.56 Å². The van der Waals surface area contributed by atoms with Crippen molar-refractivity contribution < 1.29 is 13.2 Å². The van der Waals surface area contributed by atoms with E-state index in [-0.39, 0.29) is 5.41 Å². The molecule has 2 aromatic carbocycles. The van der Waals surface area contributed by atoms with Gasteiger partial charge in [-0.05, 0) is 36.1 Å². The zero-order valence-electron chi connectivity index (χ0n) is 12.4. The van der Waals surface area contributed by atoms with Crippen molar-refractivity contribution in [2.45, 2.75) is 43.7 Å². The molecule has 0 nitrogen and oxygen atoms in total. The molecule has 0 bridgehead atoms. The zero-order chi connectivity index (χ0) is 15.6. The van der Waals surface area contributed by atoms with E-state index in [1.807, 2.05) is 18.2 Å². The van der Waals surface area contributed by atoms with Crippen molar-refractivity contribution in [2.24, 2.45) is 0 Å². The second-order valence-electron chi connectivity index (χ2n) is 6.08. The monoisotopic (exact) mass is 304 g/mol. The highest BCUT2D eigenvalue weighted by molar-refractivity contribution is 5.41. The molecule has 1 saturated carbocycles. The van der Waals surface area contributed by atoms with Crippen molar-refractivity contribution in [3.63, 3.8) is 0 Å². The standard InChI is InChI=1S/C19H19F3/c20-19(21,22)17-11-9-16(10-12-17)18(13-5-2-6-14-18)15-7-3-1-4-8-15/h1,3-4,7-12H,2,5-6,13-14H2. The van der Waals surface area contributed by atoms with E-state index in [2.05, 4.69) is 12.1 Å². The second-order valence-corrected chi connectivity index (χ2v) is 6.08. The summed E-state index contributed by atoms with van der Waals surface area (Å²) in [6.07, 6.45) is 1.18. The fraction of sp³-hybridized carbons (Fsp3) is 0.368. The molecule has 0 heterocycles. The highest BCUT2D eigenvalue weighted by atomic mass is 19.4. The average Bonchev–Trinajstić information content (AvgIpc) is 2.56. The van der Waals surface area contributed by atoms with Gasteiger partial charge in [0.25, 0.3) is 0 Å². The minimum atomic E-state index is -4.27. The van der Waals surface area contributed by atoms with Gasteiger partial charge in [0.1, 0.15) is 0 Å². The molecule has 0 aliphatic heterocycles. The first-order valence-corrected chi connectivity index (χ1v) is 7.76. The summed E-state index contributed by atoms with van der Waals surface area (Å²) in [4.78, 5) is 0. The minimum absolute atomic E-state index is 0.135. The molecule has 0 amide bonds. The molecule has 1 aliphatic carbocycles. The van der Waals surface area contributed by atoms with Crippen LogP contribution >= 0.6 is 0 Å². The normalized spacial score (nSPS) is 18.1. The Bertz CT molecular complexity index is 605. The lowest BCUT2D eigenvalue weighted by atomic mass is 9.65. The third-order valence-electron chi connectivity index (χ3n) is 4.80. The first kappa shape index (κ1) is 15.1. The van der Waals surface area contributed by atoms with Crippen LogP contribution in [0.25, 0.3) is 0 Å². The van der Waals surface area contributed by atoms with Gasteiger partial charge in [-0.15, -0.1) is 0 Å². The summed E-state index contributed by atoms with van der Waals surface area (Å²) in [5.74, 6) is 0. The molecule has 3 rings (SSSR count). The van der Waals surface area contributed by atoms with Crippen LogP contribution in [-0.2, 0) is 11.6 Å². The molecule has 1 aliphatic rings. The topological polar surface area (TPSA) is 0 Å². The first-order valence-electron chi connectivity index (χ1n) is 7.76. The summed E-state index contributed by atoms with van der Waals surface area (Å²) in [6.45, 7) is 0. The lowest BCUT2D eigenvalue weighted by Crippen LogP contribution is -2.30. The molecule has 0 N–H and O–H groups in total. The third-order valence-corrected chi connectivity index (χ3v) is 4.80. The van der Waals surface area contributed by atoms with Crippen LogP contribution < -0.4 is 0 Å². The van der Waals surface area contributed by atoms with Gasteiger partial charge < -0.3 is 0 Å². The smallest absolute Gasteiger partial charge is 0.166 e. The molecule has 2 aromatic rings. The number of benzene rings is 2. The average molecular weight is 304 g/mol. The minimum Gasteiger partial charge on any atom is -0.166 e. The Hall–Kier alpha value is -1.77. The second kappa shape index (κ2) is 5.79. The lowest BCUT2D eigenvalue weighted by Gasteiger charge is -2.38. The van der Waals surface area contributed by atoms with Crippen LogP contribution in [0.5, 0.6) is 0 Å². The van der Waals surface area contributed by atoms with E-state index >= 15 is 0 Å². The van der Waals surface area contributed by atoms with Crippen molar-refractivity contribution in [1.29, 1.82) is 0 Å². The van der Waals surface area contributed by atoms with Crippen molar-refractivity contribution >= 4 is 0 Å². The van der Waals surface area contributed by atoms with Crippen LogP contribution in [0.1, 0.15) is 48.8 Å². The number of alkyl halides is 3. The number of halogens is 3. The molecule has 0 aromatic heterocycles. The Balaban J connectivity index is 2.03. The predicted octanol–water partition coefficient (Wildman–Crippen LogP) is 5.96. The molecule has 116 valence electrons. The highest BCUT2D eigenvalue weighted by Gasteiger charge is 2.36. The first-order chi connectivity index (χ1) is 10.5. The van der Waals surface area contributed by atoms with Gasteiger partial charge in [-0.1, -0.05) is 61.7 Å². The van der Waals surface area contributed by atoms with Gasteiger partial charge in [-0.25, -0.2) is 0 Å². The largest absolute Gasteiger partial charge is 0.416 e.